The molecule has 13 heavy (non-hydrogen) atoms. The van der Waals surface area contributed by atoms with Gasteiger partial charge in [-0.15, -0.1) is 0 Å². The van der Waals surface area contributed by atoms with Crippen LogP contribution in [0.3, 0.4) is 0 Å². The Morgan fingerprint density at radius 1 is 0.923 bits per heavy atom. The first-order valence-electron chi connectivity index (χ1n) is 3.88. The number of aromatic nitrogens is 2. The van der Waals surface area contributed by atoms with Gasteiger partial charge in [-0.05, 0) is 23.8 Å². The average Bonchev–Trinajstić information content (AvgIpc) is 2.20. The third-order valence-corrected chi connectivity index (χ3v) is 1.76. The summed E-state index contributed by atoms with van der Waals surface area (Å²) in [4.78, 5) is 7.54. The minimum Gasteiger partial charge on any atom is -0.265 e. The van der Waals surface area contributed by atoms with Gasteiger partial charge < -0.3 is 0 Å². The van der Waals surface area contributed by atoms with Crippen molar-refractivity contribution in [3.63, 3.8) is 0 Å². The van der Waals surface area contributed by atoms with E-state index >= 15 is 0 Å². The maximum Gasteiger partial charge on any atom is 0.149 e. The van der Waals surface area contributed by atoms with Crippen molar-refractivity contribution in [3.8, 4) is 11.1 Å². The molecule has 0 unspecified atom stereocenters. The molecular formula is C10H7FN2. The summed E-state index contributed by atoms with van der Waals surface area (Å²) in [5.41, 5.74) is 1.37. The summed E-state index contributed by atoms with van der Waals surface area (Å²) >= 11 is 0. The fourth-order valence-corrected chi connectivity index (χ4v) is 1.14. The van der Waals surface area contributed by atoms with Crippen molar-refractivity contribution < 1.29 is 4.39 Å². The van der Waals surface area contributed by atoms with Crippen LogP contribution >= 0.6 is 0 Å². The van der Waals surface area contributed by atoms with E-state index in [1.807, 2.05) is 0 Å². The number of pyridine rings is 2. The number of hydrogen-bond donors (Lipinski definition) is 0. The van der Waals surface area contributed by atoms with Gasteiger partial charge in [0.05, 0.1) is 6.20 Å². The SMILES string of the molecule is Fc1cnccc1-c1ccncc1. The van der Waals surface area contributed by atoms with E-state index < -0.39 is 0 Å². The van der Waals surface area contributed by atoms with E-state index in [9.17, 15) is 4.39 Å². The van der Waals surface area contributed by atoms with E-state index in [0.29, 0.717) is 5.56 Å². The number of halogens is 1. The lowest BCUT2D eigenvalue weighted by molar-refractivity contribution is 0.625. The molecule has 3 heteroatoms. The molecule has 0 amide bonds. The second kappa shape index (κ2) is 3.31. The van der Waals surface area contributed by atoms with Crippen LogP contribution in [0.5, 0.6) is 0 Å². The molecule has 2 nitrogen and oxygen atoms in total. The molecule has 0 aromatic carbocycles. The molecule has 0 spiro atoms. The largest absolute Gasteiger partial charge is 0.265 e. The van der Waals surface area contributed by atoms with Crippen molar-refractivity contribution in [2.45, 2.75) is 0 Å². The predicted molar refractivity (Wildman–Crippen MR) is 47.4 cm³/mol. The Kier molecular flexibility index (Phi) is 2.00. The second-order valence-electron chi connectivity index (χ2n) is 2.59. The molecule has 2 heterocycles. The Balaban J connectivity index is 2.54. The smallest absolute Gasteiger partial charge is 0.149 e. The molecule has 0 aliphatic carbocycles. The number of hydrogen-bond acceptors (Lipinski definition) is 2. The average molecular weight is 174 g/mol. The standard InChI is InChI=1S/C10H7FN2/c11-10-7-13-6-3-9(10)8-1-4-12-5-2-8/h1-7H. The van der Waals surface area contributed by atoms with Crippen molar-refractivity contribution >= 4 is 0 Å². The molecule has 0 aliphatic rings. The molecule has 0 fully saturated rings. The molecule has 0 bridgehead atoms. The van der Waals surface area contributed by atoms with Crippen LogP contribution in [-0.2, 0) is 0 Å². The van der Waals surface area contributed by atoms with E-state index in [2.05, 4.69) is 9.97 Å². The van der Waals surface area contributed by atoms with Crippen LogP contribution in [-0.4, -0.2) is 9.97 Å². The maximum atomic E-state index is 13.2. The van der Waals surface area contributed by atoms with Gasteiger partial charge in [0.1, 0.15) is 5.82 Å². The highest BCUT2D eigenvalue weighted by molar-refractivity contribution is 5.62. The lowest BCUT2D eigenvalue weighted by Crippen LogP contribution is -1.85. The van der Waals surface area contributed by atoms with Gasteiger partial charge in [-0.3, -0.25) is 9.97 Å². The van der Waals surface area contributed by atoms with E-state index in [1.165, 1.54) is 6.20 Å². The van der Waals surface area contributed by atoms with Crippen LogP contribution in [0.15, 0.2) is 43.0 Å². The highest BCUT2D eigenvalue weighted by Crippen LogP contribution is 2.19. The second-order valence-corrected chi connectivity index (χ2v) is 2.59. The molecule has 2 aromatic heterocycles. The molecule has 2 rings (SSSR count). The minimum absolute atomic E-state index is 0.311. The zero-order valence-electron chi connectivity index (χ0n) is 6.81. The number of rotatable bonds is 1. The zero-order chi connectivity index (χ0) is 9.10. The molecule has 2 aromatic rings. The van der Waals surface area contributed by atoms with Crippen LogP contribution in [0.4, 0.5) is 4.39 Å². The predicted octanol–water partition coefficient (Wildman–Crippen LogP) is 2.28. The first-order chi connectivity index (χ1) is 6.38. The molecule has 0 N–H and O–H groups in total. The van der Waals surface area contributed by atoms with Crippen LogP contribution in [0.2, 0.25) is 0 Å². The van der Waals surface area contributed by atoms with Crippen molar-refractivity contribution in [2.24, 2.45) is 0 Å². The van der Waals surface area contributed by atoms with Gasteiger partial charge >= 0.3 is 0 Å². The third kappa shape index (κ3) is 1.54. The van der Waals surface area contributed by atoms with Crippen LogP contribution in [0, 0.1) is 5.82 Å². The van der Waals surface area contributed by atoms with Crippen molar-refractivity contribution in [1.29, 1.82) is 0 Å². The van der Waals surface area contributed by atoms with Gasteiger partial charge in [0, 0.05) is 24.2 Å². The Morgan fingerprint density at radius 2 is 1.62 bits per heavy atom. The fraction of sp³-hybridized carbons (Fsp3) is 0. The van der Waals surface area contributed by atoms with Gasteiger partial charge in [0.25, 0.3) is 0 Å². The van der Waals surface area contributed by atoms with Gasteiger partial charge in [0.2, 0.25) is 0 Å². The minimum atomic E-state index is -0.311. The van der Waals surface area contributed by atoms with E-state index in [1.54, 1.807) is 36.8 Å². The molecular weight excluding hydrogens is 167 g/mol. The summed E-state index contributed by atoms with van der Waals surface area (Å²) in [6.07, 6.45) is 6.04. The maximum absolute atomic E-state index is 13.2. The Labute approximate surface area is 75.1 Å². The van der Waals surface area contributed by atoms with Crippen molar-refractivity contribution in [1.82, 2.24) is 9.97 Å². The summed E-state index contributed by atoms with van der Waals surface area (Å²) in [7, 11) is 0. The summed E-state index contributed by atoms with van der Waals surface area (Å²) < 4.78 is 13.2. The highest BCUT2D eigenvalue weighted by Gasteiger charge is 2.02. The van der Waals surface area contributed by atoms with Gasteiger partial charge in [0.15, 0.2) is 0 Å². The Morgan fingerprint density at radius 3 is 2.31 bits per heavy atom. The molecule has 64 valence electrons. The van der Waals surface area contributed by atoms with Crippen LogP contribution in [0.1, 0.15) is 0 Å². The Bertz CT molecular complexity index is 401. The summed E-state index contributed by atoms with van der Waals surface area (Å²) in [5, 5.41) is 0. The first kappa shape index (κ1) is 7.86. The van der Waals surface area contributed by atoms with Gasteiger partial charge in [-0.1, -0.05) is 0 Å². The van der Waals surface area contributed by atoms with E-state index in [0.717, 1.165) is 5.56 Å². The van der Waals surface area contributed by atoms with Crippen LogP contribution in [0.25, 0.3) is 11.1 Å². The Hall–Kier alpha value is -1.77. The zero-order valence-corrected chi connectivity index (χ0v) is 6.81. The van der Waals surface area contributed by atoms with Crippen molar-refractivity contribution in [2.75, 3.05) is 0 Å². The van der Waals surface area contributed by atoms with E-state index in [4.69, 9.17) is 0 Å². The van der Waals surface area contributed by atoms with Crippen molar-refractivity contribution in [3.05, 3.63) is 48.8 Å². The fourth-order valence-electron chi connectivity index (χ4n) is 1.14. The molecule has 0 saturated heterocycles. The molecule has 0 radical (unpaired) electrons. The normalized spacial score (nSPS) is 9.92. The van der Waals surface area contributed by atoms with Gasteiger partial charge in [-0.2, -0.15) is 0 Å². The quantitative estimate of drug-likeness (QED) is 0.662. The van der Waals surface area contributed by atoms with Gasteiger partial charge in [-0.25, -0.2) is 4.39 Å². The monoisotopic (exact) mass is 174 g/mol. The number of nitrogens with zero attached hydrogens (tertiary/aromatic N) is 2. The molecule has 0 atom stereocenters. The first-order valence-corrected chi connectivity index (χ1v) is 3.88. The van der Waals surface area contributed by atoms with Crippen LogP contribution < -0.4 is 0 Å². The lowest BCUT2D eigenvalue weighted by Gasteiger charge is -2.00. The molecule has 0 aliphatic heterocycles. The lowest BCUT2D eigenvalue weighted by atomic mass is 10.1. The third-order valence-electron chi connectivity index (χ3n) is 1.76. The summed E-state index contributed by atoms with van der Waals surface area (Å²) in [5.74, 6) is -0.311. The summed E-state index contributed by atoms with van der Waals surface area (Å²) in [6.45, 7) is 0. The molecule has 0 saturated carbocycles. The summed E-state index contributed by atoms with van der Waals surface area (Å²) in [6, 6.07) is 5.17. The van der Waals surface area contributed by atoms with E-state index in [-0.39, 0.29) is 5.82 Å². The topological polar surface area (TPSA) is 25.8 Å². The highest BCUT2D eigenvalue weighted by atomic mass is 19.1.